The smallest absolute Gasteiger partial charge is 0.221 e. The highest BCUT2D eigenvalue weighted by molar-refractivity contribution is 5.88. The van der Waals surface area contributed by atoms with Crippen LogP contribution in [0.3, 0.4) is 0 Å². The fourth-order valence-corrected chi connectivity index (χ4v) is 2.50. The summed E-state index contributed by atoms with van der Waals surface area (Å²) in [5, 5.41) is 9.25. The molecule has 0 aliphatic rings. The molecule has 0 unspecified atom stereocenters. The van der Waals surface area contributed by atoms with Gasteiger partial charge in [-0.3, -0.25) is 4.79 Å². The molecule has 2 rings (SSSR count). The van der Waals surface area contributed by atoms with Crippen LogP contribution < -0.4 is 20.7 Å². The molecule has 2 aromatic carbocycles. The third-order valence-electron chi connectivity index (χ3n) is 3.83. The molecule has 27 heavy (non-hydrogen) atoms. The molecule has 0 saturated heterocycles. The fourth-order valence-electron chi connectivity index (χ4n) is 2.50. The van der Waals surface area contributed by atoms with E-state index >= 15 is 0 Å². The monoisotopic (exact) mass is 368 g/mol. The second kappa shape index (κ2) is 10.9. The molecule has 0 saturated carbocycles. The lowest BCUT2D eigenvalue weighted by Gasteiger charge is -2.13. The number of anilines is 1. The van der Waals surface area contributed by atoms with Crippen LogP contribution in [-0.4, -0.2) is 31.6 Å². The average Bonchev–Trinajstić information content (AvgIpc) is 2.64. The number of aryl methyl sites for hydroxylation is 1. The number of nitrogens with zero attached hydrogens (tertiary/aromatic N) is 1. The highest BCUT2D eigenvalue weighted by Gasteiger charge is 2.01. The third kappa shape index (κ3) is 7.40. The van der Waals surface area contributed by atoms with Crippen LogP contribution in [0.25, 0.3) is 0 Å². The van der Waals surface area contributed by atoms with Crippen molar-refractivity contribution in [3.8, 4) is 5.75 Å². The van der Waals surface area contributed by atoms with Crippen molar-refractivity contribution in [2.24, 2.45) is 4.99 Å². The van der Waals surface area contributed by atoms with Gasteiger partial charge in [0.15, 0.2) is 5.96 Å². The number of rotatable bonds is 8. The number of carbonyl (C=O) groups is 1. The van der Waals surface area contributed by atoms with Crippen LogP contribution in [0.5, 0.6) is 5.75 Å². The minimum atomic E-state index is -0.103. The summed E-state index contributed by atoms with van der Waals surface area (Å²) in [4.78, 5) is 15.8. The van der Waals surface area contributed by atoms with Crippen molar-refractivity contribution in [1.29, 1.82) is 0 Å². The van der Waals surface area contributed by atoms with E-state index in [2.05, 4.69) is 40.0 Å². The first-order valence-electron chi connectivity index (χ1n) is 9.15. The molecule has 0 aliphatic heterocycles. The Hall–Kier alpha value is -3.02. The normalized spacial score (nSPS) is 11.0. The summed E-state index contributed by atoms with van der Waals surface area (Å²) in [6, 6.07) is 15.6. The van der Waals surface area contributed by atoms with Crippen molar-refractivity contribution in [3.63, 3.8) is 0 Å². The van der Waals surface area contributed by atoms with Gasteiger partial charge in [0.2, 0.25) is 5.91 Å². The number of amides is 1. The SMILES string of the molecule is CCNC(=NCc1ccccc1C)NCCOc1cccc(NC(C)=O)c1. The Labute approximate surface area is 161 Å². The molecule has 0 atom stereocenters. The summed E-state index contributed by atoms with van der Waals surface area (Å²) in [6.45, 7) is 8.13. The van der Waals surface area contributed by atoms with Gasteiger partial charge in [-0.05, 0) is 37.1 Å². The molecule has 0 spiro atoms. The van der Waals surface area contributed by atoms with Gasteiger partial charge in [0, 0.05) is 25.2 Å². The third-order valence-corrected chi connectivity index (χ3v) is 3.83. The maximum atomic E-state index is 11.1. The first-order chi connectivity index (χ1) is 13.1. The minimum Gasteiger partial charge on any atom is -0.492 e. The fraction of sp³-hybridized carbons (Fsp3) is 0.333. The van der Waals surface area contributed by atoms with Crippen LogP contribution in [0.2, 0.25) is 0 Å². The van der Waals surface area contributed by atoms with E-state index in [-0.39, 0.29) is 5.91 Å². The van der Waals surface area contributed by atoms with Crippen LogP contribution >= 0.6 is 0 Å². The van der Waals surface area contributed by atoms with Crippen molar-refractivity contribution >= 4 is 17.6 Å². The zero-order chi connectivity index (χ0) is 19.5. The lowest BCUT2D eigenvalue weighted by molar-refractivity contribution is -0.114. The van der Waals surface area contributed by atoms with Gasteiger partial charge in [-0.2, -0.15) is 0 Å². The van der Waals surface area contributed by atoms with E-state index in [4.69, 9.17) is 4.74 Å². The Balaban J connectivity index is 1.83. The summed E-state index contributed by atoms with van der Waals surface area (Å²) < 4.78 is 5.74. The molecule has 0 radical (unpaired) electrons. The Bertz CT molecular complexity index is 774. The first-order valence-corrected chi connectivity index (χ1v) is 9.15. The molecular weight excluding hydrogens is 340 g/mol. The molecule has 0 aliphatic carbocycles. The van der Waals surface area contributed by atoms with E-state index in [1.165, 1.54) is 18.1 Å². The predicted octanol–water partition coefficient (Wildman–Crippen LogP) is 3.09. The molecule has 0 fully saturated rings. The van der Waals surface area contributed by atoms with Crippen molar-refractivity contribution < 1.29 is 9.53 Å². The van der Waals surface area contributed by atoms with E-state index in [1.807, 2.05) is 37.3 Å². The highest BCUT2D eigenvalue weighted by Crippen LogP contribution is 2.17. The zero-order valence-electron chi connectivity index (χ0n) is 16.2. The quantitative estimate of drug-likeness (QED) is 0.380. The van der Waals surface area contributed by atoms with Crippen LogP contribution in [-0.2, 0) is 11.3 Å². The largest absolute Gasteiger partial charge is 0.492 e. The van der Waals surface area contributed by atoms with Crippen molar-refractivity contribution in [3.05, 3.63) is 59.7 Å². The average molecular weight is 368 g/mol. The van der Waals surface area contributed by atoms with Gasteiger partial charge in [-0.15, -0.1) is 0 Å². The van der Waals surface area contributed by atoms with Gasteiger partial charge in [-0.1, -0.05) is 30.3 Å². The van der Waals surface area contributed by atoms with E-state index < -0.39 is 0 Å². The van der Waals surface area contributed by atoms with Gasteiger partial charge in [0.05, 0.1) is 13.1 Å². The highest BCUT2D eigenvalue weighted by atomic mass is 16.5. The summed E-state index contributed by atoms with van der Waals surface area (Å²) in [6.07, 6.45) is 0. The molecule has 0 bridgehead atoms. The Morgan fingerprint density at radius 1 is 1.11 bits per heavy atom. The van der Waals surface area contributed by atoms with Crippen LogP contribution in [0.1, 0.15) is 25.0 Å². The van der Waals surface area contributed by atoms with E-state index in [9.17, 15) is 4.79 Å². The summed E-state index contributed by atoms with van der Waals surface area (Å²) >= 11 is 0. The molecule has 144 valence electrons. The lowest BCUT2D eigenvalue weighted by atomic mass is 10.1. The Morgan fingerprint density at radius 2 is 1.93 bits per heavy atom. The number of benzene rings is 2. The summed E-state index contributed by atoms with van der Waals surface area (Å²) in [5.41, 5.74) is 3.17. The molecule has 0 aromatic heterocycles. The van der Waals surface area contributed by atoms with Gasteiger partial charge in [0.25, 0.3) is 0 Å². The van der Waals surface area contributed by atoms with Crippen LogP contribution in [0.15, 0.2) is 53.5 Å². The van der Waals surface area contributed by atoms with Crippen LogP contribution in [0.4, 0.5) is 5.69 Å². The first kappa shape index (κ1) is 20.3. The van der Waals surface area contributed by atoms with Crippen molar-refractivity contribution in [2.45, 2.75) is 27.3 Å². The van der Waals surface area contributed by atoms with Crippen molar-refractivity contribution in [1.82, 2.24) is 10.6 Å². The minimum absolute atomic E-state index is 0.103. The molecular formula is C21H28N4O2. The Kier molecular flexibility index (Phi) is 8.16. The van der Waals surface area contributed by atoms with E-state index in [1.54, 1.807) is 6.07 Å². The molecule has 2 aromatic rings. The van der Waals surface area contributed by atoms with Gasteiger partial charge < -0.3 is 20.7 Å². The molecule has 0 heterocycles. The maximum absolute atomic E-state index is 11.1. The second-order valence-corrected chi connectivity index (χ2v) is 6.11. The number of aliphatic imine (C=N–C) groups is 1. The number of hydrogen-bond donors (Lipinski definition) is 3. The topological polar surface area (TPSA) is 74.8 Å². The maximum Gasteiger partial charge on any atom is 0.221 e. The Morgan fingerprint density at radius 3 is 2.67 bits per heavy atom. The van der Waals surface area contributed by atoms with Gasteiger partial charge in [-0.25, -0.2) is 4.99 Å². The van der Waals surface area contributed by atoms with E-state index in [0.717, 1.165) is 18.2 Å². The standard InChI is InChI=1S/C21H28N4O2/c1-4-22-21(24-15-18-9-6-5-8-16(18)2)23-12-13-27-20-11-7-10-19(14-20)25-17(3)26/h5-11,14H,4,12-13,15H2,1-3H3,(H,25,26)(H2,22,23,24). The molecule has 1 amide bonds. The lowest BCUT2D eigenvalue weighted by Crippen LogP contribution is -2.39. The van der Waals surface area contributed by atoms with Crippen LogP contribution in [0, 0.1) is 6.92 Å². The molecule has 3 N–H and O–H groups in total. The van der Waals surface area contributed by atoms with Gasteiger partial charge in [0.1, 0.15) is 12.4 Å². The number of carbonyl (C=O) groups excluding carboxylic acids is 1. The molecule has 6 nitrogen and oxygen atoms in total. The van der Waals surface area contributed by atoms with E-state index in [0.29, 0.717) is 25.4 Å². The number of guanidine groups is 1. The van der Waals surface area contributed by atoms with Gasteiger partial charge >= 0.3 is 0 Å². The second-order valence-electron chi connectivity index (χ2n) is 6.11. The molecule has 6 heteroatoms. The predicted molar refractivity (Wildman–Crippen MR) is 110 cm³/mol. The number of ether oxygens (including phenoxy) is 1. The summed E-state index contributed by atoms with van der Waals surface area (Å²) in [7, 11) is 0. The summed E-state index contributed by atoms with van der Waals surface area (Å²) in [5.74, 6) is 1.37. The number of nitrogens with one attached hydrogen (secondary N) is 3. The van der Waals surface area contributed by atoms with Crippen molar-refractivity contribution in [2.75, 3.05) is 25.0 Å². The zero-order valence-corrected chi connectivity index (χ0v) is 16.2. The number of hydrogen-bond acceptors (Lipinski definition) is 3.